The average Bonchev–Trinajstić information content (AvgIpc) is 2.78. The number of benzene rings is 2. The summed E-state index contributed by atoms with van der Waals surface area (Å²) in [4.78, 5) is 4.43. The maximum Gasteiger partial charge on any atom is 0.188 e. The Kier molecular flexibility index (Phi) is 3.43. The lowest BCUT2D eigenvalue weighted by Crippen LogP contribution is -1.89. The highest BCUT2D eigenvalue weighted by Crippen LogP contribution is 2.33. The van der Waals surface area contributed by atoms with E-state index in [-0.39, 0.29) is 5.82 Å². The first-order chi connectivity index (χ1) is 9.13. The van der Waals surface area contributed by atoms with Crippen LogP contribution >= 0.6 is 38.9 Å². The SMILES string of the molecule is Fc1ccc(Nc2nc3cccc(Cl)c3s2)cc1Br. The number of rotatable bonds is 2. The topological polar surface area (TPSA) is 24.9 Å². The number of fused-ring (bicyclic) bond motifs is 1. The maximum absolute atomic E-state index is 13.2. The second-order valence-corrected chi connectivity index (χ2v) is 6.12. The molecule has 0 atom stereocenters. The van der Waals surface area contributed by atoms with Crippen molar-refractivity contribution in [2.75, 3.05) is 5.32 Å². The maximum atomic E-state index is 13.2. The highest BCUT2D eigenvalue weighted by molar-refractivity contribution is 9.10. The Morgan fingerprint density at radius 1 is 1.26 bits per heavy atom. The molecule has 0 saturated heterocycles. The number of hydrogen-bond acceptors (Lipinski definition) is 3. The zero-order valence-corrected chi connectivity index (χ0v) is 12.6. The molecule has 3 rings (SSSR count). The van der Waals surface area contributed by atoms with Gasteiger partial charge in [0.1, 0.15) is 5.82 Å². The molecule has 2 aromatic carbocycles. The molecular weight excluding hydrogens is 351 g/mol. The van der Waals surface area contributed by atoms with Crippen LogP contribution in [-0.2, 0) is 0 Å². The van der Waals surface area contributed by atoms with Crippen molar-refractivity contribution in [1.82, 2.24) is 4.98 Å². The summed E-state index contributed by atoms with van der Waals surface area (Å²) >= 11 is 10.7. The molecule has 0 fully saturated rings. The lowest BCUT2D eigenvalue weighted by Gasteiger charge is -2.03. The second kappa shape index (κ2) is 5.07. The van der Waals surface area contributed by atoms with E-state index in [1.54, 1.807) is 12.1 Å². The number of nitrogens with zero attached hydrogens (tertiary/aromatic N) is 1. The molecule has 3 aromatic rings. The molecule has 0 bridgehead atoms. The summed E-state index contributed by atoms with van der Waals surface area (Å²) in [6.45, 7) is 0. The summed E-state index contributed by atoms with van der Waals surface area (Å²) in [7, 11) is 0. The second-order valence-electron chi connectivity index (χ2n) is 3.86. The third-order valence-corrected chi connectivity index (χ3v) is 4.59. The largest absolute Gasteiger partial charge is 0.331 e. The third-order valence-electron chi connectivity index (χ3n) is 2.54. The number of halogens is 3. The van der Waals surface area contributed by atoms with Gasteiger partial charge in [-0.25, -0.2) is 9.37 Å². The minimum absolute atomic E-state index is 0.294. The van der Waals surface area contributed by atoms with E-state index in [0.717, 1.165) is 21.0 Å². The molecule has 96 valence electrons. The van der Waals surface area contributed by atoms with Gasteiger partial charge >= 0.3 is 0 Å². The Hall–Kier alpha value is -1.17. The molecule has 2 nitrogen and oxygen atoms in total. The van der Waals surface area contributed by atoms with Crippen LogP contribution in [0.5, 0.6) is 0 Å². The minimum atomic E-state index is -0.294. The molecule has 0 aliphatic carbocycles. The molecule has 0 saturated carbocycles. The molecule has 0 unspecified atom stereocenters. The van der Waals surface area contributed by atoms with Gasteiger partial charge in [-0.15, -0.1) is 0 Å². The van der Waals surface area contributed by atoms with Crippen LogP contribution in [0, 0.1) is 5.82 Å². The summed E-state index contributed by atoms with van der Waals surface area (Å²) in [5.41, 5.74) is 1.62. The van der Waals surface area contributed by atoms with E-state index in [9.17, 15) is 4.39 Å². The van der Waals surface area contributed by atoms with Gasteiger partial charge in [0.25, 0.3) is 0 Å². The molecule has 0 aliphatic rings. The summed E-state index contributed by atoms with van der Waals surface area (Å²) in [6, 6.07) is 10.3. The first kappa shape index (κ1) is 12.8. The Balaban J connectivity index is 1.96. The quantitative estimate of drug-likeness (QED) is 0.646. The van der Waals surface area contributed by atoms with Crippen LogP contribution in [0.3, 0.4) is 0 Å². The summed E-state index contributed by atoms with van der Waals surface area (Å²) in [6.07, 6.45) is 0. The monoisotopic (exact) mass is 356 g/mol. The third kappa shape index (κ3) is 2.59. The lowest BCUT2D eigenvalue weighted by atomic mass is 10.3. The zero-order valence-electron chi connectivity index (χ0n) is 9.45. The van der Waals surface area contributed by atoms with Crippen LogP contribution in [0.1, 0.15) is 0 Å². The number of aromatic nitrogens is 1. The van der Waals surface area contributed by atoms with Gasteiger partial charge in [-0.05, 0) is 46.3 Å². The Labute approximate surface area is 126 Å². The Morgan fingerprint density at radius 2 is 2.11 bits per heavy atom. The summed E-state index contributed by atoms with van der Waals surface area (Å²) in [5.74, 6) is -0.294. The van der Waals surface area contributed by atoms with Gasteiger partial charge in [0, 0.05) is 5.69 Å². The summed E-state index contributed by atoms with van der Waals surface area (Å²) < 4.78 is 14.5. The molecule has 19 heavy (non-hydrogen) atoms. The van der Waals surface area contributed by atoms with Crippen molar-refractivity contribution in [3.63, 3.8) is 0 Å². The van der Waals surface area contributed by atoms with Gasteiger partial charge in [0.2, 0.25) is 0 Å². The molecule has 1 aromatic heterocycles. The van der Waals surface area contributed by atoms with Gasteiger partial charge in [-0.3, -0.25) is 0 Å². The van der Waals surface area contributed by atoms with Crippen LogP contribution < -0.4 is 5.32 Å². The minimum Gasteiger partial charge on any atom is -0.331 e. The van der Waals surface area contributed by atoms with Crippen molar-refractivity contribution in [3.05, 3.63) is 51.7 Å². The lowest BCUT2D eigenvalue weighted by molar-refractivity contribution is 0.621. The number of anilines is 2. The van der Waals surface area contributed by atoms with Gasteiger partial charge in [-0.2, -0.15) is 0 Å². The van der Waals surface area contributed by atoms with E-state index < -0.39 is 0 Å². The average molecular weight is 358 g/mol. The van der Waals surface area contributed by atoms with E-state index in [2.05, 4.69) is 26.2 Å². The number of nitrogens with one attached hydrogen (secondary N) is 1. The smallest absolute Gasteiger partial charge is 0.188 e. The van der Waals surface area contributed by atoms with E-state index in [4.69, 9.17) is 11.6 Å². The molecule has 0 aliphatic heterocycles. The molecule has 0 spiro atoms. The van der Waals surface area contributed by atoms with Crippen molar-refractivity contribution in [2.45, 2.75) is 0 Å². The van der Waals surface area contributed by atoms with Crippen molar-refractivity contribution in [1.29, 1.82) is 0 Å². The van der Waals surface area contributed by atoms with E-state index >= 15 is 0 Å². The fourth-order valence-corrected chi connectivity index (χ4v) is 3.22. The van der Waals surface area contributed by atoms with Crippen LogP contribution in [0.15, 0.2) is 40.9 Å². The standard InChI is InChI=1S/C13H7BrClFN2S/c14-8-6-7(4-5-10(8)16)17-13-18-11-3-1-2-9(15)12(11)19-13/h1-6H,(H,17,18). The summed E-state index contributed by atoms with van der Waals surface area (Å²) in [5, 5.41) is 4.55. The van der Waals surface area contributed by atoms with Gasteiger partial charge in [0.15, 0.2) is 5.13 Å². The Bertz CT molecular complexity index is 759. The van der Waals surface area contributed by atoms with Crippen molar-refractivity contribution in [2.24, 2.45) is 0 Å². The Morgan fingerprint density at radius 3 is 2.84 bits per heavy atom. The van der Waals surface area contributed by atoms with Crippen molar-refractivity contribution < 1.29 is 4.39 Å². The fraction of sp³-hybridized carbons (Fsp3) is 0. The van der Waals surface area contributed by atoms with Crippen molar-refractivity contribution >= 4 is 59.9 Å². The molecular formula is C13H7BrClFN2S. The first-order valence-corrected chi connectivity index (χ1v) is 7.39. The molecule has 6 heteroatoms. The zero-order chi connectivity index (χ0) is 13.4. The van der Waals surface area contributed by atoms with Gasteiger partial charge < -0.3 is 5.32 Å². The molecule has 1 heterocycles. The molecule has 0 radical (unpaired) electrons. The highest BCUT2D eigenvalue weighted by Gasteiger charge is 2.07. The molecule has 1 N–H and O–H groups in total. The van der Waals surface area contributed by atoms with Gasteiger partial charge in [0.05, 0.1) is 19.7 Å². The molecule has 0 amide bonds. The number of hydrogen-bond donors (Lipinski definition) is 1. The van der Waals surface area contributed by atoms with Crippen LogP contribution in [0.4, 0.5) is 15.2 Å². The predicted octanol–water partition coefficient (Wildman–Crippen LogP) is 5.59. The highest BCUT2D eigenvalue weighted by atomic mass is 79.9. The van der Waals surface area contributed by atoms with Crippen molar-refractivity contribution in [3.8, 4) is 0 Å². The first-order valence-electron chi connectivity index (χ1n) is 5.40. The number of thiazole rings is 1. The van der Waals surface area contributed by atoms with E-state index in [0.29, 0.717) is 9.50 Å². The van der Waals surface area contributed by atoms with Crippen LogP contribution in [0.25, 0.3) is 10.2 Å². The van der Waals surface area contributed by atoms with Gasteiger partial charge in [-0.1, -0.05) is 29.0 Å². The normalized spacial score (nSPS) is 10.9. The fourth-order valence-electron chi connectivity index (χ4n) is 1.67. The van der Waals surface area contributed by atoms with E-state index in [1.807, 2.05) is 18.2 Å². The predicted molar refractivity (Wildman–Crippen MR) is 82.0 cm³/mol. The van der Waals surface area contributed by atoms with Crippen LogP contribution in [-0.4, -0.2) is 4.98 Å². The van der Waals surface area contributed by atoms with Crippen LogP contribution in [0.2, 0.25) is 5.02 Å². The van der Waals surface area contributed by atoms with E-state index in [1.165, 1.54) is 17.4 Å².